The highest BCUT2D eigenvalue weighted by atomic mass is 32.2. The van der Waals surface area contributed by atoms with Gasteiger partial charge in [0.25, 0.3) is 0 Å². The molecular formula is C18H19N3O2S2. The number of sulfonamides is 1. The summed E-state index contributed by atoms with van der Waals surface area (Å²) in [6, 6.07) is 9.25. The van der Waals surface area contributed by atoms with Crippen LogP contribution in [0.1, 0.15) is 16.8 Å². The van der Waals surface area contributed by atoms with Gasteiger partial charge in [0.2, 0.25) is 10.0 Å². The first-order valence-corrected chi connectivity index (χ1v) is 10.2. The molecule has 0 fully saturated rings. The Bertz CT molecular complexity index is 967. The van der Waals surface area contributed by atoms with Gasteiger partial charge in [0.05, 0.1) is 10.6 Å². The lowest BCUT2D eigenvalue weighted by molar-refractivity contribution is 0.580. The van der Waals surface area contributed by atoms with E-state index in [1.807, 2.05) is 36.6 Å². The lowest BCUT2D eigenvalue weighted by Gasteiger charge is -2.09. The molecule has 0 atom stereocenters. The van der Waals surface area contributed by atoms with E-state index in [0.29, 0.717) is 17.9 Å². The zero-order valence-electron chi connectivity index (χ0n) is 14.1. The molecule has 0 bridgehead atoms. The fourth-order valence-electron chi connectivity index (χ4n) is 2.44. The van der Waals surface area contributed by atoms with Crippen molar-refractivity contribution >= 4 is 21.4 Å². The number of nitrogens with one attached hydrogen (secondary N) is 1. The SMILES string of the molecule is Cc1ccc(C)c(S(=O)(=O)NCCc2csc(-c3ccncc3)n2)c1. The second-order valence-electron chi connectivity index (χ2n) is 5.80. The summed E-state index contributed by atoms with van der Waals surface area (Å²) in [6.45, 7) is 4.00. The molecule has 0 unspecified atom stereocenters. The second kappa shape index (κ2) is 7.43. The van der Waals surface area contributed by atoms with E-state index in [1.54, 1.807) is 36.7 Å². The molecule has 5 nitrogen and oxygen atoms in total. The fourth-order valence-corrected chi connectivity index (χ4v) is 4.66. The molecule has 25 heavy (non-hydrogen) atoms. The van der Waals surface area contributed by atoms with Gasteiger partial charge in [-0.05, 0) is 43.2 Å². The van der Waals surface area contributed by atoms with Gasteiger partial charge in [0, 0.05) is 36.3 Å². The predicted molar refractivity (Wildman–Crippen MR) is 100 cm³/mol. The van der Waals surface area contributed by atoms with Crippen molar-refractivity contribution in [2.24, 2.45) is 0 Å². The molecule has 0 amide bonds. The van der Waals surface area contributed by atoms with E-state index in [1.165, 1.54) is 0 Å². The van der Waals surface area contributed by atoms with E-state index in [2.05, 4.69) is 14.7 Å². The van der Waals surface area contributed by atoms with Gasteiger partial charge in [0.15, 0.2) is 0 Å². The van der Waals surface area contributed by atoms with Crippen molar-refractivity contribution in [1.29, 1.82) is 0 Å². The molecule has 0 radical (unpaired) electrons. The second-order valence-corrected chi connectivity index (χ2v) is 8.39. The van der Waals surface area contributed by atoms with Crippen LogP contribution in [0.2, 0.25) is 0 Å². The number of rotatable bonds is 6. The third-order valence-electron chi connectivity index (χ3n) is 3.79. The van der Waals surface area contributed by atoms with Gasteiger partial charge in [0.1, 0.15) is 5.01 Å². The maximum atomic E-state index is 12.5. The summed E-state index contributed by atoms with van der Waals surface area (Å²) in [4.78, 5) is 8.89. The van der Waals surface area contributed by atoms with Crippen molar-refractivity contribution in [1.82, 2.24) is 14.7 Å². The number of hydrogen-bond donors (Lipinski definition) is 1. The van der Waals surface area contributed by atoms with Crippen LogP contribution in [-0.4, -0.2) is 24.9 Å². The Hall–Kier alpha value is -2.09. The van der Waals surface area contributed by atoms with E-state index in [4.69, 9.17) is 0 Å². The first kappa shape index (κ1) is 17.7. The van der Waals surface area contributed by atoms with Crippen LogP contribution < -0.4 is 4.72 Å². The van der Waals surface area contributed by atoms with Crippen LogP contribution in [0.25, 0.3) is 10.6 Å². The minimum atomic E-state index is -3.51. The van der Waals surface area contributed by atoms with Crippen LogP contribution in [0.4, 0.5) is 0 Å². The van der Waals surface area contributed by atoms with Gasteiger partial charge in [-0.2, -0.15) is 0 Å². The van der Waals surface area contributed by atoms with Crippen LogP contribution in [0, 0.1) is 13.8 Å². The van der Waals surface area contributed by atoms with E-state index < -0.39 is 10.0 Å². The standard InChI is InChI=1S/C18H19N3O2S2/c1-13-3-4-14(2)17(11-13)25(22,23)20-10-7-16-12-24-18(21-16)15-5-8-19-9-6-15/h3-6,8-9,11-12,20H,7,10H2,1-2H3. The quantitative estimate of drug-likeness (QED) is 0.719. The summed E-state index contributed by atoms with van der Waals surface area (Å²) in [5.41, 5.74) is 3.56. The van der Waals surface area contributed by atoms with Crippen LogP contribution in [0.3, 0.4) is 0 Å². The molecule has 0 spiro atoms. The van der Waals surface area contributed by atoms with Crippen molar-refractivity contribution in [2.75, 3.05) is 6.54 Å². The molecule has 1 aromatic carbocycles. The summed E-state index contributed by atoms with van der Waals surface area (Å²) in [7, 11) is -3.51. The van der Waals surface area contributed by atoms with Crippen LogP contribution in [0.15, 0.2) is 53.0 Å². The molecule has 3 rings (SSSR count). The van der Waals surface area contributed by atoms with Crippen molar-refractivity contribution < 1.29 is 8.42 Å². The van der Waals surface area contributed by atoms with Crippen LogP contribution in [0.5, 0.6) is 0 Å². The number of thiazole rings is 1. The fraction of sp³-hybridized carbons (Fsp3) is 0.222. The van der Waals surface area contributed by atoms with Crippen molar-refractivity contribution in [3.63, 3.8) is 0 Å². The summed E-state index contributed by atoms with van der Waals surface area (Å²) < 4.78 is 27.6. The molecule has 130 valence electrons. The normalized spacial score (nSPS) is 11.6. The van der Waals surface area contributed by atoms with E-state index in [-0.39, 0.29) is 0 Å². The minimum Gasteiger partial charge on any atom is -0.265 e. The van der Waals surface area contributed by atoms with E-state index in [0.717, 1.165) is 27.4 Å². The first-order valence-electron chi connectivity index (χ1n) is 7.87. The van der Waals surface area contributed by atoms with Gasteiger partial charge < -0.3 is 0 Å². The molecule has 2 heterocycles. The number of hydrogen-bond acceptors (Lipinski definition) is 5. The monoisotopic (exact) mass is 373 g/mol. The molecular weight excluding hydrogens is 354 g/mol. The van der Waals surface area contributed by atoms with E-state index >= 15 is 0 Å². The minimum absolute atomic E-state index is 0.315. The van der Waals surface area contributed by atoms with E-state index in [9.17, 15) is 8.42 Å². The van der Waals surface area contributed by atoms with Crippen molar-refractivity contribution in [3.8, 4) is 10.6 Å². The summed E-state index contributed by atoms with van der Waals surface area (Å²) in [5.74, 6) is 0. The molecule has 0 aliphatic rings. The average molecular weight is 374 g/mol. The van der Waals surface area contributed by atoms with Gasteiger partial charge in [-0.15, -0.1) is 11.3 Å². The van der Waals surface area contributed by atoms with Gasteiger partial charge >= 0.3 is 0 Å². The molecule has 7 heteroatoms. The molecule has 2 aromatic heterocycles. The molecule has 3 aromatic rings. The Morgan fingerprint density at radius 1 is 1.12 bits per heavy atom. The summed E-state index contributed by atoms with van der Waals surface area (Å²) in [6.07, 6.45) is 4.01. The smallest absolute Gasteiger partial charge is 0.240 e. The molecule has 0 saturated carbocycles. The third kappa shape index (κ3) is 4.31. The largest absolute Gasteiger partial charge is 0.265 e. The zero-order valence-corrected chi connectivity index (χ0v) is 15.7. The van der Waals surface area contributed by atoms with Gasteiger partial charge in [-0.25, -0.2) is 18.1 Å². The Morgan fingerprint density at radius 2 is 1.88 bits per heavy atom. The summed E-state index contributed by atoms with van der Waals surface area (Å²) >= 11 is 1.55. The summed E-state index contributed by atoms with van der Waals surface area (Å²) in [5, 5.41) is 2.87. The Balaban J connectivity index is 1.65. The molecule has 0 saturated heterocycles. The number of pyridine rings is 1. The average Bonchev–Trinajstić information content (AvgIpc) is 3.06. The maximum Gasteiger partial charge on any atom is 0.240 e. The lowest BCUT2D eigenvalue weighted by atomic mass is 10.2. The third-order valence-corrected chi connectivity index (χ3v) is 6.33. The topological polar surface area (TPSA) is 72.0 Å². The lowest BCUT2D eigenvalue weighted by Crippen LogP contribution is -2.26. The van der Waals surface area contributed by atoms with Gasteiger partial charge in [-0.3, -0.25) is 4.98 Å². The maximum absolute atomic E-state index is 12.5. The number of aromatic nitrogens is 2. The van der Waals surface area contributed by atoms with Crippen molar-refractivity contribution in [2.45, 2.75) is 25.2 Å². The predicted octanol–water partition coefficient (Wildman–Crippen LogP) is 3.34. The Labute approximate surface area is 151 Å². The highest BCUT2D eigenvalue weighted by Crippen LogP contribution is 2.23. The molecule has 0 aliphatic heterocycles. The first-order chi connectivity index (χ1) is 12.0. The van der Waals surface area contributed by atoms with Crippen molar-refractivity contribution in [3.05, 3.63) is 64.9 Å². The highest BCUT2D eigenvalue weighted by Gasteiger charge is 2.16. The van der Waals surface area contributed by atoms with Crippen LogP contribution >= 0.6 is 11.3 Å². The number of aryl methyl sites for hydroxylation is 2. The number of nitrogens with zero attached hydrogens (tertiary/aromatic N) is 2. The van der Waals surface area contributed by atoms with Crippen LogP contribution in [-0.2, 0) is 16.4 Å². The Kier molecular flexibility index (Phi) is 5.27. The molecule has 0 aliphatic carbocycles. The number of benzene rings is 1. The highest BCUT2D eigenvalue weighted by molar-refractivity contribution is 7.89. The Morgan fingerprint density at radius 3 is 2.64 bits per heavy atom. The zero-order chi connectivity index (χ0) is 17.9. The van der Waals surface area contributed by atoms with Gasteiger partial charge in [-0.1, -0.05) is 12.1 Å². The molecule has 1 N–H and O–H groups in total.